The fourth-order valence-electron chi connectivity index (χ4n) is 2.25. The minimum absolute atomic E-state index is 0.200. The summed E-state index contributed by atoms with van der Waals surface area (Å²) >= 11 is 3.50. The first kappa shape index (κ1) is 18.6. The van der Waals surface area contributed by atoms with E-state index in [4.69, 9.17) is 5.11 Å². The zero-order valence-corrected chi connectivity index (χ0v) is 12.7. The molecule has 1 aliphatic rings. The lowest BCUT2D eigenvalue weighted by molar-refractivity contribution is -0.178. The Morgan fingerprint density at radius 2 is 2.00 bits per heavy atom. The van der Waals surface area contributed by atoms with Gasteiger partial charge in [0.15, 0.2) is 0 Å². The molecule has 2 N–H and O–H groups in total. The molecule has 3 atom stereocenters. The number of nitrogens with zero attached hydrogens (tertiary/aromatic N) is 1. The molecule has 0 bridgehead atoms. The van der Waals surface area contributed by atoms with E-state index in [9.17, 15) is 27.6 Å². The molecule has 0 aliphatic carbocycles. The first-order valence-corrected chi connectivity index (χ1v) is 7.24. The van der Waals surface area contributed by atoms with Gasteiger partial charge in [-0.05, 0) is 19.8 Å². The van der Waals surface area contributed by atoms with Gasteiger partial charge in [-0.1, -0.05) is 0 Å². The molecule has 0 aromatic carbocycles. The zero-order chi connectivity index (χ0) is 17.1. The Morgan fingerprint density at radius 1 is 1.41 bits per heavy atom. The van der Waals surface area contributed by atoms with E-state index in [0.717, 1.165) is 4.90 Å². The van der Waals surface area contributed by atoms with E-state index >= 15 is 0 Å². The first-order chi connectivity index (χ1) is 10.1. The molecule has 1 rings (SSSR count). The fraction of sp³-hybridized carbons (Fsp3) is 0.750. The number of carbonyl (C=O) groups excluding carboxylic acids is 2. The number of thiol groups is 1. The molecule has 0 aromatic rings. The van der Waals surface area contributed by atoms with Crippen molar-refractivity contribution in [2.24, 2.45) is 5.92 Å². The van der Waals surface area contributed by atoms with Gasteiger partial charge in [0.1, 0.15) is 18.0 Å². The smallest absolute Gasteiger partial charge is 0.401 e. The SMILES string of the molecule is C[C@H](NC(=O)C(CS)C(F)(F)F)C(=O)N1CCC[C@H]1C(=O)O. The van der Waals surface area contributed by atoms with E-state index in [2.05, 4.69) is 12.6 Å². The van der Waals surface area contributed by atoms with Crippen LogP contribution in [0.15, 0.2) is 0 Å². The molecule has 2 amide bonds. The molecular weight excluding hydrogens is 325 g/mol. The molecule has 126 valence electrons. The number of alkyl halides is 3. The largest absolute Gasteiger partial charge is 0.480 e. The number of hydrogen-bond donors (Lipinski definition) is 3. The Hall–Kier alpha value is -1.45. The normalized spacial score (nSPS) is 21.3. The van der Waals surface area contributed by atoms with Crippen LogP contribution in [-0.2, 0) is 14.4 Å². The number of amides is 2. The van der Waals surface area contributed by atoms with Crippen molar-refractivity contribution < 1.29 is 32.7 Å². The number of hydrogen-bond acceptors (Lipinski definition) is 4. The van der Waals surface area contributed by atoms with Crippen LogP contribution in [0.3, 0.4) is 0 Å². The van der Waals surface area contributed by atoms with E-state index in [1.165, 1.54) is 6.92 Å². The van der Waals surface area contributed by atoms with Crippen molar-refractivity contribution >= 4 is 30.4 Å². The predicted octanol–water partition coefficient (Wildman–Crippen LogP) is 0.675. The summed E-state index contributed by atoms with van der Waals surface area (Å²) in [5.41, 5.74) is 0. The molecule has 0 saturated carbocycles. The van der Waals surface area contributed by atoms with Crippen LogP contribution in [-0.4, -0.2) is 58.3 Å². The van der Waals surface area contributed by atoms with Crippen LogP contribution in [0.5, 0.6) is 0 Å². The van der Waals surface area contributed by atoms with Crippen molar-refractivity contribution in [3.8, 4) is 0 Å². The van der Waals surface area contributed by atoms with Gasteiger partial charge in [-0.3, -0.25) is 9.59 Å². The van der Waals surface area contributed by atoms with Gasteiger partial charge in [0.25, 0.3) is 0 Å². The number of aliphatic carboxylic acids is 1. The van der Waals surface area contributed by atoms with E-state index in [1.54, 1.807) is 0 Å². The number of rotatable bonds is 5. The lowest BCUT2D eigenvalue weighted by atomic mass is 10.1. The van der Waals surface area contributed by atoms with Crippen molar-refractivity contribution in [2.45, 2.75) is 38.0 Å². The molecule has 0 spiro atoms. The summed E-state index contributed by atoms with van der Waals surface area (Å²) < 4.78 is 37.8. The number of carboxylic acids is 1. The van der Waals surface area contributed by atoms with Crippen molar-refractivity contribution in [1.82, 2.24) is 10.2 Å². The predicted molar refractivity (Wildman–Crippen MR) is 73.4 cm³/mol. The molecule has 1 heterocycles. The van der Waals surface area contributed by atoms with E-state index in [0.29, 0.717) is 6.42 Å². The Labute approximate surface area is 130 Å². The highest BCUT2D eigenvalue weighted by molar-refractivity contribution is 7.80. The van der Waals surface area contributed by atoms with Crippen LogP contribution in [0.4, 0.5) is 13.2 Å². The van der Waals surface area contributed by atoms with E-state index in [1.807, 2.05) is 5.32 Å². The van der Waals surface area contributed by atoms with Crippen LogP contribution >= 0.6 is 12.6 Å². The first-order valence-electron chi connectivity index (χ1n) is 6.60. The van der Waals surface area contributed by atoms with Crippen molar-refractivity contribution in [3.05, 3.63) is 0 Å². The molecule has 1 aliphatic heterocycles. The van der Waals surface area contributed by atoms with E-state index in [-0.39, 0.29) is 13.0 Å². The Kier molecular flexibility index (Phi) is 6.09. The van der Waals surface area contributed by atoms with Gasteiger partial charge in [0, 0.05) is 12.3 Å². The highest BCUT2D eigenvalue weighted by atomic mass is 32.1. The summed E-state index contributed by atoms with van der Waals surface area (Å²) in [6, 6.07) is -2.24. The molecule has 22 heavy (non-hydrogen) atoms. The fourth-order valence-corrected chi connectivity index (χ4v) is 2.62. The Balaban J connectivity index is 2.72. The molecule has 10 heteroatoms. The third-order valence-corrected chi connectivity index (χ3v) is 3.81. The van der Waals surface area contributed by atoms with Crippen molar-refractivity contribution in [1.29, 1.82) is 0 Å². The second-order valence-electron chi connectivity index (χ2n) is 5.03. The second-order valence-corrected chi connectivity index (χ2v) is 5.40. The average Bonchev–Trinajstić information content (AvgIpc) is 2.85. The van der Waals surface area contributed by atoms with Crippen LogP contribution in [0.1, 0.15) is 19.8 Å². The number of nitrogens with one attached hydrogen (secondary N) is 1. The average molecular weight is 342 g/mol. The third-order valence-electron chi connectivity index (χ3n) is 3.44. The molecule has 6 nitrogen and oxygen atoms in total. The molecule has 1 unspecified atom stereocenters. The topological polar surface area (TPSA) is 86.7 Å². The quantitative estimate of drug-likeness (QED) is 0.641. The Bertz CT molecular complexity index is 458. The van der Waals surface area contributed by atoms with Crippen LogP contribution in [0.2, 0.25) is 0 Å². The van der Waals surface area contributed by atoms with Gasteiger partial charge < -0.3 is 15.3 Å². The number of likely N-dealkylation sites (tertiary alicyclic amines) is 1. The molecular formula is C12H17F3N2O4S. The summed E-state index contributed by atoms with van der Waals surface area (Å²) in [6.45, 7) is 1.43. The van der Waals surface area contributed by atoms with Gasteiger partial charge >= 0.3 is 12.1 Å². The number of carboxylic acid groups (broad SMARTS) is 1. The standard InChI is InChI=1S/C12H17F3N2O4S/c1-6(16-9(18)7(5-22)12(13,14)15)10(19)17-4-2-3-8(17)11(20)21/h6-8,22H,2-5H2,1H3,(H,16,18)(H,20,21)/t6-,7?,8-/m0/s1. The van der Waals surface area contributed by atoms with E-state index < -0.39 is 47.7 Å². The van der Waals surface area contributed by atoms with Crippen LogP contribution in [0.25, 0.3) is 0 Å². The van der Waals surface area contributed by atoms with Crippen molar-refractivity contribution in [2.75, 3.05) is 12.3 Å². The van der Waals surface area contributed by atoms with Gasteiger partial charge in [0.2, 0.25) is 11.8 Å². The van der Waals surface area contributed by atoms with Crippen molar-refractivity contribution in [3.63, 3.8) is 0 Å². The maximum absolute atomic E-state index is 12.6. The number of carbonyl (C=O) groups is 3. The maximum Gasteiger partial charge on any atom is 0.401 e. The summed E-state index contributed by atoms with van der Waals surface area (Å²) in [5, 5.41) is 11.0. The minimum Gasteiger partial charge on any atom is -0.480 e. The molecule has 0 aromatic heterocycles. The summed E-state index contributed by atoms with van der Waals surface area (Å²) in [6.07, 6.45) is -3.99. The highest BCUT2D eigenvalue weighted by Crippen LogP contribution is 2.27. The summed E-state index contributed by atoms with van der Waals surface area (Å²) in [4.78, 5) is 35.8. The van der Waals surface area contributed by atoms with Crippen LogP contribution < -0.4 is 5.32 Å². The highest BCUT2D eigenvalue weighted by Gasteiger charge is 2.45. The van der Waals surface area contributed by atoms with Crippen LogP contribution in [0, 0.1) is 5.92 Å². The van der Waals surface area contributed by atoms with Gasteiger partial charge in [-0.2, -0.15) is 25.8 Å². The molecule has 0 radical (unpaired) electrons. The lowest BCUT2D eigenvalue weighted by Gasteiger charge is -2.26. The summed E-state index contributed by atoms with van der Waals surface area (Å²) in [5.74, 6) is -6.29. The number of halogens is 3. The maximum atomic E-state index is 12.6. The minimum atomic E-state index is -4.76. The Morgan fingerprint density at radius 3 is 2.45 bits per heavy atom. The zero-order valence-electron chi connectivity index (χ0n) is 11.8. The lowest BCUT2D eigenvalue weighted by Crippen LogP contribution is -2.52. The molecule has 1 saturated heterocycles. The monoisotopic (exact) mass is 342 g/mol. The van der Waals surface area contributed by atoms with Gasteiger partial charge in [-0.25, -0.2) is 4.79 Å². The van der Waals surface area contributed by atoms with Gasteiger partial charge in [-0.15, -0.1) is 0 Å². The third kappa shape index (κ3) is 4.28. The second kappa shape index (κ2) is 7.21. The molecule has 1 fully saturated rings. The van der Waals surface area contributed by atoms with Gasteiger partial charge in [0.05, 0.1) is 0 Å². The summed E-state index contributed by atoms with van der Waals surface area (Å²) in [7, 11) is 0.